The minimum Gasteiger partial charge on any atom is -0.313 e. The average Bonchev–Trinajstić information content (AvgIpc) is 1.96. The second-order valence-electron chi connectivity index (χ2n) is 4.52. The fraction of sp³-hybridized carbons (Fsp3) is 0.900. The Morgan fingerprint density at radius 1 is 1.62 bits per heavy atom. The van der Waals surface area contributed by atoms with Crippen LogP contribution in [-0.2, 0) is 0 Å². The molecule has 74 valence electrons. The molecule has 3 nitrogen and oxygen atoms in total. The van der Waals surface area contributed by atoms with Crippen molar-refractivity contribution in [2.24, 2.45) is 11.7 Å². The van der Waals surface area contributed by atoms with Crippen molar-refractivity contribution < 1.29 is 0 Å². The maximum absolute atomic E-state index is 8.75. The normalized spacial score (nSPS) is 22.1. The lowest BCUT2D eigenvalue weighted by Gasteiger charge is -2.32. The summed E-state index contributed by atoms with van der Waals surface area (Å²) in [7, 11) is 2.04. The van der Waals surface area contributed by atoms with Crippen LogP contribution in [0.5, 0.6) is 0 Å². The summed E-state index contributed by atoms with van der Waals surface area (Å²) < 4.78 is 0. The zero-order valence-corrected chi connectivity index (χ0v) is 8.58. The van der Waals surface area contributed by atoms with Gasteiger partial charge in [-0.2, -0.15) is 5.26 Å². The van der Waals surface area contributed by atoms with Gasteiger partial charge < -0.3 is 10.6 Å². The van der Waals surface area contributed by atoms with Gasteiger partial charge in [-0.3, -0.25) is 0 Å². The zero-order chi connectivity index (χ0) is 9.90. The quantitative estimate of drug-likeness (QED) is 0.703. The monoisotopic (exact) mass is 181 g/mol. The number of hydrogen-bond donors (Lipinski definition) is 1. The van der Waals surface area contributed by atoms with Crippen molar-refractivity contribution in [3.8, 4) is 6.07 Å². The van der Waals surface area contributed by atoms with Crippen molar-refractivity contribution in [1.29, 1.82) is 5.26 Å². The number of likely N-dealkylation sites (N-methyl/N-ethyl adjacent to an activating group) is 1. The summed E-state index contributed by atoms with van der Waals surface area (Å²) >= 11 is 0. The van der Waals surface area contributed by atoms with Crippen molar-refractivity contribution >= 4 is 0 Å². The first-order chi connectivity index (χ1) is 6.03. The topological polar surface area (TPSA) is 53.0 Å². The minimum atomic E-state index is -0.696. The molecule has 0 bridgehead atoms. The fourth-order valence-electron chi connectivity index (χ4n) is 1.78. The SMILES string of the molecule is CN(CC1CCC1)CC(C)(N)C#N. The second-order valence-corrected chi connectivity index (χ2v) is 4.52. The molecule has 0 saturated heterocycles. The summed E-state index contributed by atoms with van der Waals surface area (Å²) in [6.07, 6.45) is 4.06. The van der Waals surface area contributed by atoms with Crippen LogP contribution in [0.1, 0.15) is 26.2 Å². The molecule has 0 aromatic heterocycles. The highest BCUT2D eigenvalue weighted by Gasteiger charge is 2.23. The smallest absolute Gasteiger partial charge is 0.114 e. The van der Waals surface area contributed by atoms with E-state index < -0.39 is 5.54 Å². The summed E-state index contributed by atoms with van der Waals surface area (Å²) in [5, 5.41) is 8.75. The number of nitrogens with two attached hydrogens (primary N) is 1. The van der Waals surface area contributed by atoms with E-state index >= 15 is 0 Å². The highest BCUT2D eigenvalue weighted by atomic mass is 15.1. The predicted molar refractivity (Wildman–Crippen MR) is 53.0 cm³/mol. The van der Waals surface area contributed by atoms with E-state index in [1.807, 2.05) is 7.05 Å². The Labute approximate surface area is 80.5 Å². The van der Waals surface area contributed by atoms with E-state index in [0.29, 0.717) is 6.54 Å². The molecule has 2 N–H and O–H groups in total. The Kier molecular flexibility index (Phi) is 3.29. The lowest BCUT2D eigenvalue weighted by atomic mass is 9.85. The average molecular weight is 181 g/mol. The Hall–Kier alpha value is -0.590. The molecule has 1 aliphatic rings. The third kappa shape index (κ3) is 3.33. The van der Waals surface area contributed by atoms with Gasteiger partial charge in [0, 0.05) is 13.1 Å². The Bertz CT molecular complexity index is 201. The predicted octanol–water partition coefficient (Wildman–Crippen LogP) is 0.959. The van der Waals surface area contributed by atoms with Crippen molar-refractivity contribution in [3.63, 3.8) is 0 Å². The van der Waals surface area contributed by atoms with Crippen molar-refractivity contribution in [2.75, 3.05) is 20.1 Å². The maximum atomic E-state index is 8.75. The molecule has 1 fully saturated rings. The molecule has 1 aliphatic carbocycles. The number of nitriles is 1. The molecular formula is C10H19N3. The lowest BCUT2D eigenvalue weighted by molar-refractivity contribution is 0.190. The fourth-order valence-corrected chi connectivity index (χ4v) is 1.78. The van der Waals surface area contributed by atoms with Crippen molar-refractivity contribution in [1.82, 2.24) is 4.90 Å². The molecule has 0 aromatic rings. The molecule has 1 saturated carbocycles. The molecule has 0 spiro atoms. The van der Waals surface area contributed by atoms with Crippen molar-refractivity contribution in [3.05, 3.63) is 0 Å². The molecule has 1 atom stereocenters. The van der Waals surface area contributed by atoms with Crippen LogP contribution in [-0.4, -0.2) is 30.6 Å². The highest BCUT2D eigenvalue weighted by molar-refractivity contribution is 5.02. The van der Waals surface area contributed by atoms with E-state index in [-0.39, 0.29) is 0 Å². The molecule has 0 amide bonds. The van der Waals surface area contributed by atoms with E-state index in [9.17, 15) is 0 Å². The van der Waals surface area contributed by atoms with Crippen LogP contribution >= 0.6 is 0 Å². The summed E-state index contributed by atoms with van der Waals surface area (Å²) in [5.41, 5.74) is 5.05. The minimum absolute atomic E-state index is 0.667. The van der Waals surface area contributed by atoms with Gasteiger partial charge in [0.15, 0.2) is 0 Å². The van der Waals surface area contributed by atoms with E-state index in [1.54, 1.807) is 6.92 Å². The molecule has 3 heteroatoms. The molecule has 13 heavy (non-hydrogen) atoms. The van der Waals surface area contributed by atoms with Crippen LogP contribution in [0.15, 0.2) is 0 Å². The summed E-state index contributed by atoms with van der Waals surface area (Å²) in [6, 6.07) is 2.12. The van der Waals surface area contributed by atoms with E-state index in [4.69, 9.17) is 11.0 Å². The van der Waals surface area contributed by atoms with Crippen LogP contribution in [0, 0.1) is 17.2 Å². The molecule has 0 aromatic carbocycles. The van der Waals surface area contributed by atoms with Crippen molar-refractivity contribution in [2.45, 2.75) is 31.7 Å². The van der Waals surface area contributed by atoms with Gasteiger partial charge in [0.05, 0.1) is 6.07 Å². The summed E-state index contributed by atoms with van der Waals surface area (Å²) in [6.45, 7) is 3.54. The largest absolute Gasteiger partial charge is 0.313 e. The lowest BCUT2D eigenvalue weighted by Crippen LogP contribution is -2.47. The maximum Gasteiger partial charge on any atom is 0.114 e. The standard InChI is InChI=1S/C10H19N3/c1-10(12,7-11)8-13(2)6-9-4-3-5-9/h9H,3-6,8,12H2,1-2H3. The number of nitrogens with zero attached hydrogens (tertiary/aromatic N) is 2. The van der Waals surface area contributed by atoms with Crippen LogP contribution in [0.3, 0.4) is 0 Å². The second kappa shape index (κ2) is 4.08. The summed E-state index contributed by atoms with van der Waals surface area (Å²) in [4.78, 5) is 2.17. The van der Waals surface area contributed by atoms with Gasteiger partial charge in [0.1, 0.15) is 5.54 Å². The van der Waals surface area contributed by atoms with E-state index in [0.717, 1.165) is 12.5 Å². The highest BCUT2D eigenvalue weighted by Crippen LogP contribution is 2.26. The van der Waals surface area contributed by atoms with E-state index in [1.165, 1.54) is 19.3 Å². The van der Waals surface area contributed by atoms with Gasteiger partial charge in [-0.1, -0.05) is 6.42 Å². The third-order valence-corrected chi connectivity index (χ3v) is 2.65. The first-order valence-corrected chi connectivity index (χ1v) is 4.92. The van der Waals surface area contributed by atoms with E-state index in [2.05, 4.69) is 11.0 Å². The van der Waals surface area contributed by atoms with Gasteiger partial charge >= 0.3 is 0 Å². The Balaban J connectivity index is 2.24. The molecule has 1 rings (SSSR count). The molecule has 0 heterocycles. The summed E-state index contributed by atoms with van der Waals surface area (Å²) in [5.74, 6) is 0.847. The van der Waals surface area contributed by atoms with Gasteiger partial charge in [0.2, 0.25) is 0 Å². The van der Waals surface area contributed by atoms with Crippen LogP contribution in [0.4, 0.5) is 0 Å². The zero-order valence-electron chi connectivity index (χ0n) is 8.58. The van der Waals surface area contributed by atoms with Gasteiger partial charge in [0.25, 0.3) is 0 Å². The number of rotatable bonds is 4. The van der Waals surface area contributed by atoms with Crippen LogP contribution < -0.4 is 5.73 Å². The van der Waals surface area contributed by atoms with Crippen LogP contribution in [0.2, 0.25) is 0 Å². The van der Waals surface area contributed by atoms with Gasteiger partial charge in [-0.05, 0) is 32.7 Å². The van der Waals surface area contributed by atoms with Gasteiger partial charge in [-0.25, -0.2) is 0 Å². The molecule has 1 unspecified atom stereocenters. The number of hydrogen-bond acceptors (Lipinski definition) is 3. The first-order valence-electron chi connectivity index (χ1n) is 4.92. The Morgan fingerprint density at radius 2 is 2.23 bits per heavy atom. The molecular weight excluding hydrogens is 162 g/mol. The third-order valence-electron chi connectivity index (χ3n) is 2.65. The van der Waals surface area contributed by atoms with Gasteiger partial charge in [-0.15, -0.1) is 0 Å². The first kappa shape index (κ1) is 10.5. The van der Waals surface area contributed by atoms with Crippen LogP contribution in [0.25, 0.3) is 0 Å². The Morgan fingerprint density at radius 3 is 2.62 bits per heavy atom. The molecule has 0 radical (unpaired) electrons. The molecule has 0 aliphatic heterocycles.